The molecule has 0 bridgehead atoms. The molecule has 0 saturated heterocycles. The van der Waals surface area contributed by atoms with Crippen LogP contribution < -0.4 is 16.4 Å². The first-order valence-electron chi connectivity index (χ1n) is 10.5. The molecule has 0 spiro atoms. The highest BCUT2D eigenvalue weighted by Gasteiger charge is 2.22. The molecule has 2 aromatic rings. The van der Waals surface area contributed by atoms with Crippen molar-refractivity contribution < 1.29 is 9.59 Å². The molecule has 2 aromatic carbocycles. The smallest absolute Gasteiger partial charge is 0.227 e. The van der Waals surface area contributed by atoms with Gasteiger partial charge in [0, 0.05) is 24.2 Å². The van der Waals surface area contributed by atoms with Gasteiger partial charge in [0.1, 0.15) is 0 Å². The van der Waals surface area contributed by atoms with Crippen molar-refractivity contribution in [2.24, 2.45) is 17.6 Å². The van der Waals surface area contributed by atoms with Crippen molar-refractivity contribution in [1.82, 2.24) is 5.32 Å². The molecule has 3 rings (SSSR count). The van der Waals surface area contributed by atoms with E-state index in [9.17, 15) is 9.59 Å². The van der Waals surface area contributed by atoms with Crippen molar-refractivity contribution in [3.63, 3.8) is 0 Å². The summed E-state index contributed by atoms with van der Waals surface area (Å²) >= 11 is 0. The second kappa shape index (κ2) is 10.2. The summed E-state index contributed by atoms with van der Waals surface area (Å²) < 4.78 is 0. The number of hydrogen-bond donors (Lipinski definition) is 3. The van der Waals surface area contributed by atoms with Gasteiger partial charge in [0.15, 0.2) is 0 Å². The third kappa shape index (κ3) is 5.91. The zero-order valence-corrected chi connectivity index (χ0v) is 17.1. The van der Waals surface area contributed by atoms with Crippen LogP contribution >= 0.6 is 0 Å². The summed E-state index contributed by atoms with van der Waals surface area (Å²) in [5.41, 5.74) is 8.92. The van der Waals surface area contributed by atoms with Crippen LogP contribution in [0.25, 0.3) is 0 Å². The summed E-state index contributed by atoms with van der Waals surface area (Å²) in [6.07, 6.45) is 5.44. The maximum Gasteiger partial charge on any atom is 0.227 e. The molecule has 154 valence electrons. The van der Waals surface area contributed by atoms with Crippen LogP contribution in [0.5, 0.6) is 0 Å². The summed E-state index contributed by atoms with van der Waals surface area (Å²) in [7, 11) is 0. The van der Waals surface area contributed by atoms with E-state index in [-0.39, 0.29) is 29.7 Å². The summed E-state index contributed by atoms with van der Waals surface area (Å²) in [5.74, 6) is -0.203. The molecule has 4 N–H and O–H groups in total. The average molecular weight is 394 g/mol. The molecule has 5 heteroatoms. The number of carbonyl (C=O) groups is 2. The lowest BCUT2D eigenvalue weighted by Crippen LogP contribution is -2.35. The summed E-state index contributed by atoms with van der Waals surface area (Å²) in [6, 6.07) is 17.0. The van der Waals surface area contributed by atoms with Gasteiger partial charge in [0.25, 0.3) is 0 Å². The van der Waals surface area contributed by atoms with Crippen molar-refractivity contribution in [1.29, 1.82) is 0 Å². The third-order valence-corrected chi connectivity index (χ3v) is 5.77. The first kappa shape index (κ1) is 21.1. The van der Waals surface area contributed by atoms with E-state index in [0.717, 1.165) is 42.5 Å². The van der Waals surface area contributed by atoms with Crippen LogP contribution in [0, 0.1) is 11.8 Å². The van der Waals surface area contributed by atoms with Crippen LogP contribution in [0.3, 0.4) is 0 Å². The topological polar surface area (TPSA) is 84.2 Å². The van der Waals surface area contributed by atoms with Crippen LogP contribution in [0.1, 0.15) is 56.2 Å². The van der Waals surface area contributed by atoms with Gasteiger partial charge in [-0.1, -0.05) is 68.7 Å². The zero-order valence-electron chi connectivity index (χ0n) is 17.1. The molecule has 0 heterocycles. The van der Waals surface area contributed by atoms with Crippen LogP contribution in [-0.4, -0.2) is 11.8 Å². The Balaban J connectivity index is 1.53. The summed E-state index contributed by atoms with van der Waals surface area (Å²) in [6.45, 7) is 2.24. The molecule has 2 atom stereocenters. The van der Waals surface area contributed by atoms with Gasteiger partial charge in [-0.15, -0.1) is 0 Å². The molecule has 5 nitrogen and oxygen atoms in total. The molecule has 0 aliphatic heterocycles. The van der Waals surface area contributed by atoms with Gasteiger partial charge in [-0.2, -0.15) is 0 Å². The lowest BCUT2D eigenvalue weighted by molar-refractivity contribution is -0.125. The van der Waals surface area contributed by atoms with E-state index >= 15 is 0 Å². The fourth-order valence-corrected chi connectivity index (χ4v) is 3.85. The highest BCUT2D eigenvalue weighted by molar-refractivity contribution is 5.92. The summed E-state index contributed by atoms with van der Waals surface area (Å²) in [4.78, 5) is 25.0. The largest absolute Gasteiger partial charge is 0.352 e. The van der Waals surface area contributed by atoms with E-state index in [1.165, 1.54) is 6.42 Å². The van der Waals surface area contributed by atoms with Crippen molar-refractivity contribution in [2.45, 2.75) is 51.6 Å². The van der Waals surface area contributed by atoms with E-state index in [4.69, 9.17) is 5.73 Å². The molecule has 0 aromatic heterocycles. The van der Waals surface area contributed by atoms with Crippen LogP contribution in [0.2, 0.25) is 0 Å². The number of nitrogens with one attached hydrogen (secondary N) is 2. The zero-order chi connectivity index (χ0) is 20.6. The fraction of sp³-hybridized carbons (Fsp3) is 0.417. The molecule has 1 saturated carbocycles. The first-order valence-corrected chi connectivity index (χ1v) is 10.5. The van der Waals surface area contributed by atoms with E-state index in [2.05, 4.69) is 10.6 Å². The number of nitrogens with two attached hydrogens (primary N) is 1. The quantitative estimate of drug-likeness (QED) is 0.660. The van der Waals surface area contributed by atoms with E-state index in [1.54, 1.807) is 0 Å². The number of hydrogen-bond acceptors (Lipinski definition) is 3. The van der Waals surface area contributed by atoms with Crippen molar-refractivity contribution in [3.05, 3.63) is 65.7 Å². The normalized spacial score (nSPS) is 16.6. The number of carbonyl (C=O) groups excluding carboxylic acids is 2. The van der Waals surface area contributed by atoms with Crippen molar-refractivity contribution >= 4 is 17.5 Å². The second-order valence-electron chi connectivity index (χ2n) is 7.97. The molecule has 0 radical (unpaired) electrons. The monoisotopic (exact) mass is 393 g/mol. The average Bonchev–Trinajstić information content (AvgIpc) is 2.78. The molecule has 1 aliphatic carbocycles. The maximum atomic E-state index is 12.5. The van der Waals surface area contributed by atoms with Crippen LogP contribution in [0.4, 0.5) is 5.69 Å². The Morgan fingerprint density at radius 2 is 1.76 bits per heavy atom. The van der Waals surface area contributed by atoms with E-state index < -0.39 is 0 Å². The minimum absolute atomic E-state index is 0.0852. The Bertz CT molecular complexity index is 816. The first-order chi connectivity index (χ1) is 14.0. The van der Waals surface area contributed by atoms with Gasteiger partial charge in [-0.3, -0.25) is 9.59 Å². The lowest BCUT2D eigenvalue weighted by Gasteiger charge is -2.21. The second-order valence-corrected chi connectivity index (χ2v) is 7.97. The molecule has 2 amide bonds. The fourth-order valence-electron chi connectivity index (χ4n) is 3.85. The Labute approximate surface area is 173 Å². The number of amides is 2. The van der Waals surface area contributed by atoms with Crippen molar-refractivity contribution in [2.75, 3.05) is 5.32 Å². The molecule has 1 aliphatic rings. The van der Waals surface area contributed by atoms with Gasteiger partial charge < -0.3 is 16.4 Å². The number of benzene rings is 2. The van der Waals surface area contributed by atoms with E-state index in [0.29, 0.717) is 6.54 Å². The molecule has 29 heavy (non-hydrogen) atoms. The SMILES string of the molecule is CC(C(=O)NCc1cccc(NC(=O)C2CCCCC2)c1)C(N)c1ccccc1. The minimum Gasteiger partial charge on any atom is -0.352 e. The van der Waals surface area contributed by atoms with E-state index in [1.807, 2.05) is 61.5 Å². The predicted octanol–water partition coefficient (Wildman–Crippen LogP) is 4.16. The highest BCUT2D eigenvalue weighted by Crippen LogP contribution is 2.25. The summed E-state index contributed by atoms with van der Waals surface area (Å²) in [5, 5.41) is 5.99. The van der Waals surface area contributed by atoms with Gasteiger partial charge in [-0.25, -0.2) is 0 Å². The highest BCUT2D eigenvalue weighted by atomic mass is 16.2. The van der Waals surface area contributed by atoms with Crippen LogP contribution in [-0.2, 0) is 16.1 Å². The van der Waals surface area contributed by atoms with Crippen molar-refractivity contribution in [3.8, 4) is 0 Å². The van der Waals surface area contributed by atoms with Gasteiger partial charge in [0.2, 0.25) is 11.8 Å². The third-order valence-electron chi connectivity index (χ3n) is 5.77. The Hall–Kier alpha value is -2.66. The molecule has 1 fully saturated rings. The Kier molecular flexibility index (Phi) is 7.42. The predicted molar refractivity (Wildman–Crippen MR) is 116 cm³/mol. The minimum atomic E-state index is -0.350. The lowest BCUT2D eigenvalue weighted by atomic mass is 9.88. The molecule has 2 unspecified atom stereocenters. The Morgan fingerprint density at radius 1 is 1.03 bits per heavy atom. The van der Waals surface area contributed by atoms with Crippen LogP contribution in [0.15, 0.2) is 54.6 Å². The Morgan fingerprint density at radius 3 is 2.48 bits per heavy atom. The number of anilines is 1. The van der Waals surface area contributed by atoms with Gasteiger partial charge >= 0.3 is 0 Å². The standard InChI is InChI=1S/C24H31N3O2/c1-17(22(25)19-10-4-2-5-11-19)23(28)26-16-18-9-8-14-21(15-18)27-24(29)20-12-6-3-7-13-20/h2,4-5,8-11,14-15,17,20,22H,3,6-7,12-13,16,25H2,1H3,(H,26,28)(H,27,29). The van der Waals surface area contributed by atoms with Gasteiger partial charge in [0.05, 0.1) is 5.92 Å². The number of rotatable bonds is 7. The molecular formula is C24H31N3O2. The molecular weight excluding hydrogens is 362 g/mol. The maximum absolute atomic E-state index is 12.5. The van der Waals surface area contributed by atoms with Gasteiger partial charge in [-0.05, 0) is 36.1 Å².